The molecule has 1 atom stereocenters. The van der Waals surface area contributed by atoms with Gasteiger partial charge in [-0.25, -0.2) is 0 Å². The average molecular weight is 394 g/mol. The van der Waals surface area contributed by atoms with E-state index < -0.39 is 0 Å². The van der Waals surface area contributed by atoms with Gasteiger partial charge in [0, 0.05) is 17.9 Å². The Bertz CT molecular complexity index is 948. The van der Waals surface area contributed by atoms with Crippen molar-refractivity contribution < 1.29 is 23.9 Å². The van der Waals surface area contributed by atoms with Gasteiger partial charge in [-0.05, 0) is 62.2 Å². The second kappa shape index (κ2) is 8.05. The number of anilines is 1. The summed E-state index contributed by atoms with van der Waals surface area (Å²) >= 11 is 0. The zero-order chi connectivity index (χ0) is 20.4. The van der Waals surface area contributed by atoms with Gasteiger partial charge in [0.25, 0.3) is 17.7 Å². The molecule has 7 heteroatoms. The van der Waals surface area contributed by atoms with Crippen molar-refractivity contribution in [3.8, 4) is 5.75 Å². The molecule has 0 saturated carbocycles. The fraction of sp³-hybridized carbons (Fsp3) is 0.318. The predicted octanol–water partition coefficient (Wildman–Crippen LogP) is 3.11. The Labute approximate surface area is 168 Å². The highest BCUT2D eigenvalue weighted by Crippen LogP contribution is 2.27. The van der Waals surface area contributed by atoms with Crippen molar-refractivity contribution in [1.82, 2.24) is 4.90 Å². The van der Waals surface area contributed by atoms with Crippen LogP contribution in [0, 0.1) is 0 Å². The highest BCUT2D eigenvalue weighted by atomic mass is 16.5. The van der Waals surface area contributed by atoms with E-state index in [1.54, 1.807) is 42.5 Å². The molecule has 2 aliphatic rings. The molecule has 1 saturated heterocycles. The van der Waals surface area contributed by atoms with Crippen LogP contribution < -0.4 is 10.1 Å². The maximum absolute atomic E-state index is 12.7. The zero-order valence-electron chi connectivity index (χ0n) is 16.1. The van der Waals surface area contributed by atoms with E-state index in [9.17, 15) is 14.4 Å². The molecule has 0 bridgehead atoms. The number of nitrogens with zero attached hydrogens (tertiary/aromatic N) is 1. The van der Waals surface area contributed by atoms with Gasteiger partial charge in [0.1, 0.15) is 5.75 Å². The molecule has 4 rings (SSSR count). The first-order valence-electron chi connectivity index (χ1n) is 9.73. The van der Waals surface area contributed by atoms with Crippen molar-refractivity contribution in [1.29, 1.82) is 0 Å². The van der Waals surface area contributed by atoms with Crippen LogP contribution in [0.1, 0.15) is 50.8 Å². The minimum absolute atomic E-state index is 0.101. The Hall–Kier alpha value is -3.19. The molecule has 0 spiro atoms. The smallest absolute Gasteiger partial charge is 0.261 e. The summed E-state index contributed by atoms with van der Waals surface area (Å²) in [6.45, 7) is 3.37. The maximum atomic E-state index is 12.7. The van der Waals surface area contributed by atoms with Gasteiger partial charge in [-0.2, -0.15) is 0 Å². The molecule has 1 fully saturated rings. The minimum atomic E-state index is -0.349. The molecule has 29 heavy (non-hydrogen) atoms. The zero-order valence-corrected chi connectivity index (χ0v) is 16.1. The quantitative estimate of drug-likeness (QED) is 0.761. The molecule has 0 aromatic heterocycles. The highest BCUT2D eigenvalue weighted by Gasteiger charge is 2.37. The molecule has 2 heterocycles. The summed E-state index contributed by atoms with van der Waals surface area (Å²) in [6, 6.07) is 11.6. The third-order valence-corrected chi connectivity index (χ3v) is 5.07. The molecule has 1 unspecified atom stereocenters. The molecule has 1 N–H and O–H groups in total. The Morgan fingerprint density at radius 3 is 2.59 bits per heavy atom. The van der Waals surface area contributed by atoms with Gasteiger partial charge < -0.3 is 14.8 Å². The van der Waals surface area contributed by atoms with Gasteiger partial charge >= 0.3 is 0 Å². The fourth-order valence-electron chi connectivity index (χ4n) is 3.60. The van der Waals surface area contributed by atoms with Crippen molar-refractivity contribution >= 4 is 23.4 Å². The first kappa shape index (κ1) is 19.1. The van der Waals surface area contributed by atoms with Crippen LogP contribution in [0.4, 0.5) is 5.69 Å². The molecule has 3 amide bonds. The van der Waals surface area contributed by atoms with Gasteiger partial charge in [0.15, 0.2) is 0 Å². The number of amides is 3. The second-order valence-corrected chi connectivity index (χ2v) is 7.03. The normalized spacial score (nSPS) is 18.1. The fourth-order valence-corrected chi connectivity index (χ4v) is 3.60. The van der Waals surface area contributed by atoms with Crippen LogP contribution in [0.3, 0.4) is 0 Å². The lowest BCUT2D eigenvalue weighted by Gasteiger charge is -2.17. The number of fused-ring (bicyclic) bond motifs is 1. The first-order valence-corrected chi connectivity index (χ1v) is 9.73. The summed E-state index contributed by atoms with van der Waals surface area (Å²) in [5.74, 6) is -0.277. The Kier molecular flexibility index (Phi) is 5.31. The second-order valence-electron chi connectivity index (χ2n) is 7.03. The van der Waals surface area contributed by atoms with E-state index in [0.717, 1.165) is 12.8 Å². The molecule has 2 aromatic rings. The van der Waals surface area contributed by atoms with Crippen LogP contribution in [0.2, 0.25) is 0 Å². The molecule has 7 nitrogen and oxygen atoms in total. The van der Waals surface area contributed by atoms with E-state index in [4.69, 9.17) is 9.47 Å². The van der Waals surface area contributed by atoms with Gasteiger partial charge in [-0.1, -0.05) is 0 Å². The standard InChI is InChI=1S/C22H22N2O5/c1-2-28-16-8-5-14(6-9-16)20(25)23-15-7-10-18-19(12-15)22(27)24(21(18)26)13-17-4-3-11-29-17/h5-10,12,17H,2-4,11,13H2,1H3,(H,23,25). The lowest BCUT2D eigenvalue weighted by atomic mass is 10.1. The average Bonchev–Trinajstić information content (AvgIpc) is 3.32. The van der Waals surface area contributed by atoms with E-state index in [1.807, 2.05) is 6.92 Å². The summed E-state index contributed by atoms with van der Waals surface area (Å²) < 4.78 is 10.9. The van der Waals surface area contributed by atoms with Crippen molar-refractivity contribution in [2.75, 3.05) is 25.1 Å². The number of hydrogen-bond acceptors (Lipinski definition) is 5. The maximum Gasteiger partial charge on any atom is 0.261 e. The molecule has 2 aromatic carbocycles. The lowest BCUT2D eigenvalue weighted by molar-refractivity contribution is 0.0475. The van der Waals surface area contributed by atoms with E-state index in [1.165, 1.54) is 4.90 Å². The largest absolute Gasteiger partial charge is 0.494 e. The van der Waals surface area contributed by atoms with Gasteiger partial charge in [-0.3, -0.25) is 19.3 Å². The van der Waals surface area contributed by atoms with E-state index in [0.29, 0.717) is 41.3 Å². The Morgan fingerprint density at radius 2 is 1.90 bits per heavy atom. The lowest BCUT2D eigenvalue weighted by Crippen LogP contribution is -2.36. The summed E-state index contributed by atoms with van der Waals surface area (Å²) in [6.07, 6.45) is 1.68. The van der Waals surface area contributed by atoms with Crippen LogP contribution in [-0.2, 0) is 4.74 Å². The SMILES string of the molecule is CCOc1ccc(C(=O)Nc2ccc3c(c2)C(=O)N(CC2CCCO2)C3=O)cc1. The van der Waals surface area contributed by atoms with E-state index in [2.05, 4.69) is 5.32 Å². The Morgan fingerprint density at radius 1 is 1.14 bits per heavy atom. The number of imide groups is 1. The van der Waals surface area contributed by atoms with Gasteiger partial charge in [-0.15, -0.1) is 0 Å². The van der Waals surface area contributed by atoms with Crippen molar-refractivity contribution in [2.24, 2.45) is 0 Å². The summed E-state index contributed by atoms with van der Waals surface area (Å²) in [5, 5.41) is 2.78. The van der Waals surface area contributed by atoms with Crippen LogP contribution in [0.5, 0.6) is 5.75 Å². The molecule has 0 aliphatic carbocycles. The van der Waals surface area contributed by atoms with Crippen LogP contribution in [0.25, 0.3) is 0 Å². The molecule has 150 valence electrons. The number of carbonyl (C=O) groups is 3. The highest BCUT2D eigenvalue weighted by molar-refractivity contribution is 6.22. The molecular formula is C22H22N2O5. The third-order valence-electron chi connectivity index (χ3n) is 5.07. The van der Waals surface area contributed by atoms with Crippen LogP contribution in [0.15, 0.2) is 42.5 Å². The number of ether oxygens (including phenoxy) is 2. The Balaban J connectivity index is 1.47. The molecular weight excluding hydrogens is 372 g/mol. The predicted molar refractivity (Wildman–Crippen MR) is 106 cm³/mol. The first-order chi connectivity index (χ1) is 14.1. The van der Waals surface area contributed by atoms with Crippen molar-refractivity contribution in [2.45, 2.75) is 25.9 Å². The monoisotopic (exact) mass is 394 g/mol. The molecule has 0 radical (unpaired) electrons. The summed E-state index contributed by atoms with van der Waals surface area (Å²) in [7, 11) is 0. The van der Waals surface area contributed by atoms with Crippen LogP contribution >= 0.6 is 0 Å². The third kappa shape index (κ3) is 3.86. The minimum Gasteiger partial charge on any atom is -0.494 e. The molecule has 2 aliphatic heterocycles. The van der Waals surface area contributed by atoms with Gasteiger partial charge in [0.05, 0.1) is 30.4 Å². The van der Waals surface area contributed by atoms with E-state index in [-0.39, 0.29) is 30.4 Å². The van der Waals surface area contributed by atoms with Crippen LogP contribution in [-0.4, -0.2) is 48.5 Å². The number of carbonyl (C=O) groups excluding carboxylic acids is 3. The van der Waals surface area contributed by atoms with Crippen molar-refractivity contribution in [3.05, 3.63) is 59.2 Å². The summed E-state index contributed by atoms with van der Waals surface area (Å²) in [5.41, 5.74) is 1.59. The van der Waals surface area contributed by atoms with Crippen molar-refractivity contribution in [3.63, 3.8) is 0 Å². The number of rotatable bonds is 6. The number of benzene rings is 2. The summed E-state index contributed by atoms with van der Waals surface area (Å²) in [4.78, 5) is 39.0. The topological polar surface area (TPSA) is 84.9 Å². The van der Waals surface area contributed by atoms with Gasteiger partial charge in [0.2, 0.25) is 0 Å². The van der Waals surface area contributed by atoms with E-state index >= 15 is 0 Å². The number of nitrogens with one attached hydrogen (secondary N) is 1. The number of hydrogen-bond donors (Lipinski definition) is 1.